The standard InChI is InChI=1S/C16H32O2/c1-3-4-5-6-7-8-9-10-14-17-16-13-11-12-15(2)18-16/h15-16H,3-14H2,1-2H3. The molecule has 0 aromatic rings. The molecule has 1 heterocycles. The van der Waals surface area contributed by atoms with Crippen LogP contribution in [0.15, 0.2) is 0 Å². The van der Waals surface area contributed by atoms with Gasteiger partial charge in [0.25, 0.3) is 0 Å². The summed E-state index contributed by atoms with van der Waals surface area (Å²) < 4.78 is 11.5. The third-order valence-electron chi connectivity index (χ3n) is 3.74. The van der Waals surface area contributed by atoms with E-state index in [2.05, 4.69) is 13.8 Å². The van der Waals surface area contributed by atoms with Crippen LogP contribution < -0.4 is 0 Å². The van der Waals surface area contributed by atoms with Crippen LogP contribution in [0.3, 0.4) is 0 Å². The van der Waals surface area contributed by atoms with Crippen LogP contribution in [-0.4, -0.2) is 19.0 Å². The molecule has 2 heteroatoms. The molecule has 2 atom stereocenters. The third-order valence-corrected chi connectivity index (χ3v) is 3.74. The Hall–Kier alpha value is -0.0800. The van der Waals surface area contributed by atoms with Crippen molar-refractivity contribution in [2.45, 2.75) is 96.9 Å². The van der Waals surface area contributed by atoms with E-state index in [1.54, 1.807) is 0 Å². The van der Waals surface area contributed by atoms with E-state index < -0.39 is 0 Å². The van der Waals surface area contributed by atoms with Gasteiger partial charge in [-0.3, -0.25) is 0 Å². The summed E-state index contributed by atoms with van der Waals surface area (Å²) in [7, 11) is 0. The second kappa shape index (κ2) is 10.8. The first-order valence-electron chi connectivity index (χ1n) is 8.10. The van der Waals surface area contributed by atoms with Gasteiger partial charge in [0.05, 0.1) is 6.10 Å². The topological polar surface area (TPSA) is 18.5 Å². The van der Waals surface area contributed by atoms with Crippen LogP contribution in [-0.2, 0) is 9.47 Å². The zero-order valence-corrected chi connectivity index (χ0v) is 12.5. The van der Waals surface area contributed by atoms with Gasteiger partial charge < -0.3 is 9.47 Å². The van der Waals surface area contributed by atoms with Crippen molar-refractivity contribution in [3.05, 3.63) is 0 Å². The van der Waals surface area contributed by atoms with Crippen LogP contribution in [0.25, 0.3) is 0 Å². The maximum atomic E-state index is 5.78. The molecule has 2 nitrogen and oxygen atoms in total. The quantitative estimate of drug-likeness (QED) is 0.509. The molecule has 0 radical (unpaired) electrons. The van der Waals surface area contributed by atoms with Crippen molar-refractivity contribution in [2.75, 3.05) is 6.61 Å². The van der Waals surface area contributed by atoms with Crippen LogP contribution >= 0.6 is 0 Å². The Balaban J connectivity index is 1.80. The molecule has 2 unspecified atom stereocenters. The molecule has 1 aliphatic heterocycles. The van der Waals surface area contributed by atoms with Crippen LogP contribution in [0.1, 0.15) is 84.5 Å². The summed E-state index contributed by atoms with van der Waals surface area (Å²) in [6.45, 7) is 5.30. The van der Waals surface area contributed by atoms with E-state index in [1.807, 2.05) is 0 Å². The Morgan fingerprint density at radius 1 is 0.944 bits per heavy atom. The Kier molecular flexibility index (Phi) is 9.59. The lowest BCUT2D eigenvalue weighted by Gasteiger charge is -2.27. The van der Waals surface area contributed by atoms with Crippen molar-refractivity contribution in [1.82, 2.24) is 0 Å². The Labute approximate surface area is 113 Å². The summed E-state index contributed by atoms with van der Waals surface area (Å²) in [5.74, 6) is 0. The molecule has 108 valence electrons. The fraction of sp³-hybridized carbons (Fsp3) is 1.00. The number of unbranched alkanes of at least 4 members (excludes halogenated alkanes) is 7. The van der Waals surface area contributed by atoms with E-state index in [1.165, 1.54) is 64.2 Å². The molecule has 1 fully saturated rings. The van der Waals surface area contributed by atoms with Gasteiger partial charge in [0.1, 0.15) is 0 Å². The molecule has 1 aliphatic rings. The SMILES string of the molecule is CCCCCCCCCCOC1CCCC(C)O1. The minimum Gasteiger partial charge on any atom is -0.353 e. The van der Waals surface area contributed by atoms with Gasteiger partial charge in [0.2, 0.25) is 0 Å². The fourth-order valence-corrected chi connectivity index (χ4v) is 2.54. The first kappa shape index (κ1) is 16.0. The van der Waals surface area contributed by atoms with Gasteiger partial charge in [-0.1, -0.05) is 51.9 Å². The van der Waals surface area contributed by atoms with Gasteiger partial charge in [-0.15, -0.1) is 0 Å². The second-order valence-electron chi connectivity index (χ2n) is 5.65. The summed E-state index contributed by atoms with van der Waals surface area (Å²) in [5.41, 5.74) is 0. The average Bonchev–Trinajstić information content (AvgIpc) is 2.37. The Morgan fingerprint density at radius 3 is 2.28 bits per heavy atom. The van der Waals surface area contributed by atoms with E-state index in [0.717, 1.165) is 13.0 Å². The van der Waals surface area contributed by atoms with Crippen molar-refractivity contribution < 1.29 is 9.47 Å². The number of hydrogen-bond donors (Lipinski definition) is 0. The van der Waals surface area contributed by atoms with Crippen LogP contribution in [0, 0.1) is 0 Å². The molecule has 0 spiro atoms. The summed E-state index contributed by atoms with van der Waals surface area (Å²) >= 11 is 0. The van der Waals surface area contributed by atoms with Crippen LogP contribution in [0.2, 0.25) is 0 Å². The van der Waals surface area contributed by atoms with E-state index in [0.29, 0.717) is 6.10 Å². The van der Waals surface area contributed by atoms with Crippen molar-refractivity contribution in [2.24, 2.45) is 0 Å². The molecule has 1 rings (SSSR count). The molecule has 0 aromatic carbocycles. The molecule has 0 aromatic heterocycles. The van der Waals surface area contributed by atoms with Gasteiger partial charge in [0.15, 0.2) is 6.29 Å². The van der Waals surface area contributed by atoms with Crippen molar-refractivity contribution in [3.63, 3.8) is 0 Å². The van der Waals surface area contributed by atoms with E-state index >= 15 is 0 Å². The van der Waals surface area contributed by atoms with Gasteiger partial charge in [0, 0.05) is 6.61 Å². The molecular weight excluding hydrogens is 224 g/mol. The maximum absolute atomic E-state index is 5.78. The highest BCUT2D eigenvalue weighted by atomic mass is 16.7. The van der Waals surface area contributed by atoms with E-state index in [-0.39, 0.29) is 6.29 Å². The number of hydrogen-bond acceptors (Lipinski definition) is 2. The first-order chi connectivity index (χ1) is 8.83. The molecular formula is C16H32O2. The summed E-state index contributed by atoms with van der Waals surface area (Å²) in [5, 5.41) is 0. The van der Waals surface area contributed by atoms with Gasteiger partial charge in [-0.2, -0.15) is 0 Å². The minimum atomic E-state index is 0.0818. The molecule has 0 bridgehead atoms. The van der Waals surface area contributed by atoms with Gasteiger partial charge >= 0.3 is 0 Å². The van der Waals surface area contributed by atoms with Crippen molar-refractivity contribution >= 4 is 0 Å². The molecule has 0 N–H and O–H groups in total. The van der Waals surface area contributed by atoms with Gasteiger partial charge in [-0.05, 0) is 32.6 Å². The maximum Gasteiger partial charge on any atom is 0.157 e. The van der Waals surface area contributed by atoms with Crippen LogP contribution in [0.5, 0.6) is 0 Å². The lowest BCUT2D eigenvalue weighted by molar-refractivity contribution is -0.189. The van der Waals surface area contributed by atoms with Crippen LogP contribution in [0.4, 0.5) is 0 Å². The normalized spacial score (nSPS) is 24.3. The number of ether oxygens (including phenoxy) is 2. The predicted molar refractivity (Wildman–Crippen MR) is 76.7 cm³/mol. The fourth-order valence-electron chi connectivity index (χ4n) is 2.54. The highest BCUT2D eigenvalue weighted by molar-refractivity contribution is 4.61. The number of rotatable bonds is 10. The monoisotopic (exact) mass is 256 g/mol. The molecule has 18 heavy (non-hydrogen) atoms. The van der Waals surface area contributed by atoms with Crippen molar-refractivity contribution in [3.8, 4) is 0 Å². The molecule has 0 saturated carbocycles. The average molecular weight is 256 g/mol. The Bertz CT molecular complexity index is 182. The summed E-state index contributed by atoms with van der Waals surface area (Å²) in [4.78, 5) is 0. The minimum absolute atomic E-state index is 0.0818. The highest BCUT2D eigenvalue weighted by Crippen LogP contribution is 2.19. The zero-order chi connectivity index (χ0) is 13.1. The van der Waals surface area contributed by atoms with E-state index in [9.17, 15) is 0 Å². The first-order valence-corrected chi connectivity index (χ1v) is 8.10. The smallest absolute Gasteiger partial charge is 0.157 e. The van der Waals surface area contributed by atoms with Crippen molar-refractivity contribution in [1.29, 1.82) is 0 Å². The molecule has 1 saturated heterocycles. The molecule has 0 aliphatic carbocycles. The third kappa shape index (κ3) is 8.10. The van der Waals surface area contributed by atoms with Gasteiger partial charge in [-0.25, -0.2) is 0 Å². The predicted octanol–water partition coefficient (Wildman–Crippen LogP) is 5.06. The Morgan fingerprint density at radius 2 is 1.61 bits per heavy atom. The summed E-state index contributed by atoms with van der Waals surface area (Å²) in [6, 6.07) is 0. The lowest BCUT2D eigenvalue weighted by atomic mass is 10.1. The van der Waals surface area contributed by atoms with E-state index in [4.69, 9.17) is 9.47 Å². The molecule has 0 amide bonds. The highest BCUT2D eigenvalue weighted by Gasteiger charge is 2.18. The zero-order valence-electron chi connectivity index (χ0n) is 12.5. The largest absolute Gasteiger partial charge is 0.353 e. The summed E-state index contributed by atoms with van der Waals surface area (Å²) in [6.07, 6.45) is 14.9. The lowest BCUT2D eigenvalue weighted by Crippen LogP contribution is -2.28. The second-order valence-corrected chi connectivity index (χ2v) is 5.65.